The Kier molecular flexibility index (Phi) is 5.67. The van der Waals surface area contributed by atoms with E-state index < -0.39 is 0 Å². The molecular formula is C16H27NO. The molecule has 0 unspecified atom stereocenters. The van der Waals surface area contributed by atoms with E-state index >= 15 is 0 Å². The number of hydrogen-bond acceptors (Lipinski definition) is 2. The van der Waals surface area contributed by atoms with Crippen LogP contribution in [0.2, 0.25) is 0 Å². The second-order valence-electron chi connectivity index (χ2n) is 5.79. The van der Waals surface area contributed by atoms with Gasteiger partial charge in [0.25, 0.3) is 0 Å². The van der Waals surface area contributed by atoms with Crippen LogP contribution in [0.15, 0.2) is 24.3 Å². The molecule has 0 aromatic heterocycles. The predicted octanol–water partition coefficient (Wildman–Crippen LogP) is 3.86. The first-order chi connectivity index (χ1) is 8.47. The Hall–Kier alpha value is -1.02. The highest BCUT2D eigenvalue weighted by Crippen LogP contribution is 2.25. The Morgan fingerprint density at radius 1 is 1.22 bits per heavy atom. The minimum atomic E-state index is 0.320. The van der Waals surface area contributed by atoms with Gasteiger partial charge in [-0.2, -0.15) is 0 Å². The zero-order chi connectivity index (χ0) is 13.6. The van der Waals surface area contributed by atoms with Gasteiger partial charge in [0.2, 0.25) is 0 Å². The van der Waals surface area contributed by atoms with Crippen molar-refractivity contribution in [1.82, 2.24) is 5.32 Å². The summed E-state index contributed by atoms with van der Waals surface area (Å²) in [4.78, 5) is 0. The Morgan fingerprint density at radius 2 is 1.89 bits per heavy atom. The van der Waals surface area contributed by atoms with E-state index in [0.717, 1.165) is 18.8 Å². The number of ether oxygens (including phenoxy) is 1. The zero-order valence-corrected chi connectivity index (χ0v) is 12.4. The molecule has 0 bridgehead atoms. The summed E-state index contributed by atoms with van der Waals surface area (Å²) in [7, 11) is 0. The first-order valence-corrected chi connectivity index (χ1v) is 6.88. The Labute approximate surface area is 112 Å². The predicted molar refractivity (Wildman–Crippen MR) is 77.9 cm³/mol. The molecule has 1 N–H and O–H groups in total. The number of benzene rings is 1. The Balaban J connectivity index is 2.53. The summed E-state index contributed by atoms with van der Waals surface area (Å²) in [5.41, 5.74) is 1.56. The van der Waals surface area contributed by atoms with Crippen LogP contribution in [0.1, 0.15) is 40.2 Å². The second-order valence-corrected chi connectivity index (χ2v) is 5.79. The van der Waals surface area contributed by atoms with Gasteiger partial charge in [-0.15, -0.1) is 0 Å². The lowest BCUT2D eigenvalue weighted by Crippen LogP contribution is -2.33. The summed E-state index contributed by atoms with van der Waals surface area (Å²) in [6.45, 7) is 13.8. The highest BCUT2D eigenvalue weighted by Gasteiger charge is 2.21. The second kappa shape index (κ2) is 6.79. The van der Waals surface area contributed by atoms with Crippen LogP contribution in [0.4, 0.5) is 0 Å². The Bertz CT molecular complexity index is 358. The van der Waals surface area contributed by atoms with E-state index in [-0.39, 0.29) is 0 Å². The van der Waals surface area contributed by atoms with Crippen molar-refractivity contribution in [2.45, 2.75) is 41.2 Å². The van der Waals surface area contributed by atoms with Crippen molar-refractivity contribution in [3.05, 3.63) is 29.8 Å². The lowest BCUT2D eigenvalue weighted by Gasteiger charge is -2.29. The van der Waals surface area contributed by atoms with Crippen molar-refractivity contribution in [2.24, 2.45) is 11.3 Å². The van der Waals surface area contributed by atoms with Crippen LogP contribution in [-0.2, 0) is 6.54 Å². The largest absolute Gasteiger partial charge is 0.494 e. The van der Waals surface area contributed by atoms with Crippen LogP contribution in [0.25, 0.3) is 0 Å². The fourth-order valence-corrected chi connectivity index (χ4v) is 1.67. The summed E-state index contributed by atoms with van der Waals surface area (Å²) in [5.74, 6) is 1.67. The third-order valence-electron chi connectivity index (χ3n) is 3.73. The molecule has 1 aromatic carbocycles. The minimum absolute atomic E-state index is 0.320. The normalized spacial score (nSPS) is 11.9. The molecule has 1 rings (SSSR count). The van der Waals surface area contributed by atoms with Gasteiger partial charge in [-0.25, -0.2) is 0 Å². The van der Waals surface area contributed by atoms with Gasteiger partial charge in [0.1, 0.15) is 5.75 Å². The van der Waals surface area contributed by atoms with Crippen molar-refractivity contribution in [2.75, 3.05) is 13.2 Å². The summed E-state index contributed by atoms with van der Waals surface area (Å²) >= 11 is 0. The molecule has 1 aromatic rings. The van der Waals surface area contributed by atoms with Crippen molar-refractivity contribution < 1.29 is 4.74 Å². The maximum atomic E-state index is 5.63. The smallest absolute Gasteiger partial charge is 0.123 e. The van der Waals surface area contributed by atoms with Crippen molar-refractivity contribution in [1.29, 1.82) is 0 Å². The molecule has 18 heavy (non-hydrogen) atoms. The third-order valence-corrected chi connectivity index (χ3v) is 3.73. The van der Waals surface area contributed by atoms with Crippen molar-refractivity contribution in [3.63, 3.8) is 0 Å². The van der Waals surface area contributed by atoms with Crippen LogP contribution in [0.3, 0.4) is 0 Å². The van der Waals surface area contributed by atoms with E-state index in [1.165, 1.54) is 5.56 Å². The summed E-state index contributed by atoms with van der Waals surface area (Å²) in [5, 5.41) is 3.54. The van der Waals surface area contributed by atoms with Gasteiger partial charge in [0, 0.05) is 18.7 Å². The molecule has 0 aliphatic heterocycles. The van der Waals surface area contributed by atoms with Gasteiger partial charge in [-0.1, -0.05) is 45.9 Å². The van der Waals surface area contributed by atoms with E-state index in [0.29, 0.717) is 17.9 Å². The van der Waals surface area contributed by atoms with E-state index in [1.54, 1.807) is 0 Å². The average Bonchev–Trinajstić information content (AvgIpc) is 2.31. The first kappa shape index (κ1) is 15.0. The molecule has 0 radical (unpaired) electrons. The van der Waals surface area contributed by atoms with Gasteiger partial charge in [-0.05, 0) is 24.3 Å². The highest BCUT2D eigenvalue weighted by atomic mass is 16.5. The summed E-state index contributed by atoms with van der Waals surface area (Å²) in [6, 6.07) is 8.24. The average molecular weight is 249 g/mol. The van der Waals surface area contributed by atoms with Crippen molar-refractivity contribution >= 4 is 0 Å². The molecule has 0 fully saturated rings. The topological polar surface area (TPSA) is 21.3 Å². The Morgan fingerprint density at radius 3 is 2.50 bits per heavy atom. The molecule has 0 atom stereocenters. The quantitative estimate of drug-likeness (QED) is 0.792. The lowest BCUT2D eigenvalue weighted by molar-refractivity contribution is 0.237. The zero-order valence-electron chi connectivity index (χ0n) is 12.4. The molecule has 0 aliphatic rings. The number of hydrogen-bond donors (Lipinski definition) is 1. The van der Waals surface area contributed by atoms with Crippen LogP contribution in [0, 0.1) is 11.3 Å². The maximum absolute atomic E-state index is 5.63. The van der Waals surface area contributed by atoms with E-state index in [1.807, 2.05) is 19.1 Å². The molecular weight excluding hydrogens is 222 g/mol. The molecule has 0 saturated heterocycles. The minimum Gasteiger partial charge on any atom is -0.494 e. The van der Waals surface area contributed by atoms with Crippen molar-refractivity contribution in [3.8, 4) is 5.75 Å². The lowest BCUT2D eigenvalue weighted by atomic mass is 9.81. The van der Waals surface area contributed by atoms with Gasteiger partial charge < -0.3 is 10.1 Å². The molecule has 0 amide bonds. The maximum Gasteiger partial charge on any atom is 0.123 e. The van der Waals surface area contributed by atoms with Crippen LogP contribution in [-0.4, -0.2) is 13.2 Å². The molecule has 2 heteroatoms. The third kappa shape index (κ3) is 4.34. The molecule has 0 spiro atoms. The highest BCUT2D eigenvalue weighted by molar-refractivity contribution is 5.33. The summed E-state index contributed by atoms with van der Waals surface area (Å²) in [6.07, 6.45) is 0. The molecule has 102 valence electrons. The molecule has 0 heterocycles. The SMILES string of the molecule is CCOc1ccccc1CNCC(C)(C)C(C)C. The monoisotopic (exact) mass is 249 g/mol. The van der Waals surface area contributed by atoms with Crippen LogP contribution in [0.5, 0.6) is 5.75 Å². The number of nitrogens with one attached hydrogen (secondary N) is 1. The fourth-order valence-electron chi connectivity index (χ4n) is 1.67. The first-order valence-electron chi connectivity index (χ1n) is 6.88. The standard InChI is InChI=1S/C16H27NO/c1-6-18-15-10-8-7-9-14(15)11-17-12-16(4,5)13(2)3/h7-10,13,17H,6,11-12H2,1-5H3. The fraction of sp³-hybridized carbons (Fsp3) is 0.625. The van der Waals surface area contributed by atoms with Crippen LogP contribution < -0.4 is 10.1 Å². The summed E-state index contributed by atoms with van der Waals surface area (Å²) < 4.78 is 5.63. The number of rotatable bonds is 7. The number of para-hydroxylation sites is 1. The molecule has 0 saturated carbocycles. The van der Waals surface area contributed by atoms with E-state index in [9.17, 15) is 0 Å². The van der Waals surface area contributed by atoms with Gasteiger partial charge in [0.15, 0.2) is 0 Å². The molecule has 2 nitrogen and oxygen atoms in total. The van der Waals surface area contributed by atoms with Gasteiger partial charge in [0.05, 0.1) is 6.61 Å². The van der Waals surface area contributed by atoms with Crippen LogP contribution >= 0.6 is 0 Å². The van der Waals surface area contributed by atoms with E-state index in [2.05, 4.69) is 45.1 Å². The van der Waals surface area contributed by atoms with Gasteiger partial charge in [-0.3, -0.25) is 0 Å². The van der Waals surface area contributed by atoms with Gasteiger partial charge >= 0.3 is 0 Å². The molecule has 0 aliphatic carbocycles. The van der Waals surface area contributed by atoms with E-state index in [4.69, 9.17) is 4.74 Å².